The monoisotopic (exact) mass is 368 g/mol. The van der Waals surface area contributed by atoms with Crippen molar-refractivity contribution >= 4 is 34.6 Å². The number of carbonyl (C=O) groups is 1. The van der Waals surface area contributed by atoms with Gasteiger partial charge < -0.3 is 20.1 Å². The molecule has 1 fully saturated rings. The number of hydrogen-bond acceptors (Lipinski definition) is 3. The molecule has 1 aromatic heterocycles. The first kappa shape index (κ1) is 16.8. The molecule has 1 amide bonds. The van der Waals surface area contributed by atoms with Crippen LogP contribution in [0.1, 0.15) is 18.0 Å². The number of benzene rings is 1. The Balaban J connectivity index is 1.59. The number of aromatic nitrogens is 1. The van der Waals surface area contributed by atoms with Crippen molar-refractivity contribution in [1.82, 2.24) is 9.47 Å². The number of fused-ring (bicyclic) bond motifs is 4. The normalized spacial score (nSPS) is 21.1. The fourth-order valence-electron chi connectivity index (χ4n) is 3.88. The second-order valence-electron chi connectivity index (χ2n) is 6.91. The highest BCUT2D eigenvalue weighted by Gasteiger charge is 2.39. The molecular weight excluding hydrogens is 348 g/mol. The van der Waals surface area contributed by atoms with Crippen molar-refractivity contribution in [2.75, 3.05) is 24.2 Å². The molecule has 2 bridgehead atoms. The number of piperidine rings is 1. The van der Waals surface area contributed by atoms with E-state index in [4.69, 9.17) is 12.2 Å². The highest BCUT2D eigenvalue weighted by atomic mass is 32.1. The Bertz CT molecular complexity index is 925. The molecule has 2 N–H and O–H groups in total. The van der Waals surface area contributed by atoms with Gasteiger partial charge in [-0.3, -0.25) is 9.59 Å². The number of carbonyl (C=O) groups excluding carboxylic acids is 1. The van der Waals surface area contributed by atoms with Crippen LogP contribution in [0.2, 0.25) is 0 Å². The van der Waals surface area contributed by atoms with Crippen molar-refractivity contribution in [1.29, 1.82) is 0 Å². The lowest BCUT2D eigenvalue weighted by atomic mass is 9.82. The Morgan fingerprint density at radius 2 is 1.85 bits per heavy atom. The van der Waals surface area contributed by atoms with Gasteiger partial charge >= 0.3 is 0 Å². The third-order valence-electron chi connectivity index (χ3n) is 5.06. The number of hydrogen-bond donors (Lipinski definition) is 2. The molecule has 26 heavy (non-hydrogen) atoms. The minimum absolute atomic E-state index is 0.0936. The molecule has 0 spiro atoms. The fourth-order valence-corrected chi connectivity index (χ4v) is 4.10. The summed E-state index contributed by atoms with van der Waals surface area (Å²) >= 11 is 5.32. The summed E-state index contributed by atoms with van der Waals surface area (Å²) in [5.41, 5.74) is 1.94. The average molecular weight is 368 g/mol. The van der Waals surface area contributed by atoms with E-state index in [1.165, 1.54) is 0 Å². The zero-order valence-corrected chi connectivity index (χ0v) is 15.3. The van der Waals surface area contributed by atoms with Crippen LogP contribution < -0.4 is 16.2 Å². The van der Waals surface area contributed by atoms with Crippen molar-refractivity contribution < 1.29 is 4.79 Å². The number of anilines is 2. The van der Waals surface area contributed by atoms with Crippen molar-refractivity contribution in [2.24, 2.45) is 5.92 Å². The number of likely N-dealkylation sites (N-methyl/N-ethyl adjacent to an activating group) is 1. The molecule has 2 aliphatic heterocycles. The van der Waals surface area contributed by atoms with Crippen LogP contribution >= 0.6 is 12.2 Å². The smallest absolute Gasteiger partial charge is 0.274 e. The van der Waals surface area contributed by atoms with Crippen molar-refractivity contribution in [3.8, 4) is 0 Å². The first-order chi connectivity index (χ1) is 12.5. The first-order valence-corrected chi connectivity index (χ1v) is 9.05. The number of para-hydroxylation sites is 1. The Kier molecular flexibility index (Phi) is 4.24. The largest absolute Gasteiger partial charge is 0.345 e. The molecule has 0 saturated carbocycles. The predicted molar refractivity (Wildman–Crippen MR) is 105 cm³/mol. The van der Waals surface area contributed by atoms with E-state index in [0.29, 0.717) is 29.8 Å². The Labute approximate surface area is 156 Å². The van der Waals surface area contributed by atoms with Crippen molar-refractivity contribution in [3.05, 3.63) is 58.5 Å². The number of rotatable bonds is 2. The second-order valence-corrected chi connectivity index (χ2v) is 7.31. The van der Waals surface area contributed by atoms with E-state index in [0.717, 1.165) is 17.8 Å². The molecule has 134 valence electrons. The highest BCUT2D eigenvalue weighted by molar-refractivity contribution is 7.80. The van der Waals surface area contributed by atoms with Crippen LogP contribution in [0.3, 0.4) is 0 Å². The number of pyridine rings is 1. The third kappa shape index (κ3) is 2.99. The highest BCUT2D eigenvalue weighted by Crippen LogP contribution is 2.35. The van der Waals surface area contributed by atoms with Crippen molar-refractivity contribution in [2.45, 2.75) is 18.9 Å². The molecule has 6 nitrogen and oxygen atoms in total. The number of amides is 1. The minimum atomic E-state index is -0.219. The SMILES string of the molecule is CN1C[C@@H]2C[C@H](C1=O)c1ccc(NC(=S)Nc3ccccc3)c(=O)n1C2. The lowest BCUT2D eigenvalue weighted by Crippen LogP contribution is -2.49. The maximum atomic E-state index is 12.9. The van der Waals surface area contributed by atoms with Gasteiger partial charge in [0.1, 0.15) is 5.69 Å². The molecule has 1 aromatic carbocycles. The van der Waals surface area contributed by atoms with Gasteiger partial charge in [0, 0.05) is 31.5 Å². The zero-order chi connectivity index (χ0) is 18.3. The van der Waals surface area contributed by atoms with E-state index in [1.807, 2.05) is 43.4 Å². The topological polar surface area (TPSA) is 66.4 Å². The molecule has 0 unspecified atom stereocenters. The first-order valence-electron chi connectivity index (χ1n) is 8.64. The molecule has 3 heterocycles. The molecule has 2 atom stereocenters. The Morgan fingerprint density at radius 3 is 2.62 bits per heavy atom. The lowest BCUT2D eigenvalue weighted by Gasteiger charge is -2.40. The summed E-state index contributed by atoms with van der Waals surface area (Å²) in [6, 6.07) is 13.1. The molecular formula is C19H20N4O2S. The quantitative estimate of drug-likeness (QED) is 0.796. The van der Waals surface area contributed by atoms with Crippen LogP contribution in [0.5, 0.6) is 0 Å². The van der Waals surface area contributed by atoms with Gasteiger partial charge in [0.15, 0.2) is 5.11 Å². The summed E-state index contributed by atoms with van der Waals surface area (Å²) < 4.78 is 1.73. The molecule has 0 aliphatic carbocycles. The number of thiocarbonyl (C=S) groups is 1. The van der Waals surface area contributed by atoms with E-state index < -0.39 is 0 Å². The summed E-state index contributed by atoms with van der Waals surface area (Å²) in [5, 5.41) is 6.41. The van der Waals surface area contributed by atoms with Gasteiger partial charge in [-0.15, -0.1) is 0 Å². The summed E-state index contributed by atoms with van der Waals surface area (Å²) in [6.07, 6.45) is 0.823. The summed E-state index contributed by atoms with van der Waals surface area (Å²) in [5.74, 6) is 0.192. The minimum Gasteiger partial charge on any atom is -0.345 e. The molecule has 1 saturated heterocycles. The standard InChI is InChI=1S/C19H20N4O2S/c1-22-10-12-9-14(17(22)24)16-8-7-15(18(25)23(16)11-12)21-19(26)20-13-5-3-2-4-6-13/h2-8,12,14H,9-11H2,1H3,(H2,20,21,26)/t12-,14-/m0/s1. The average Bonchev–Trinajstić information content (AvgIpc) is 2.63. The Hall–Kier alpha value is -2.67. The summed E-state index contributed by atoms with van der Waals surface area (Å²) in [7, 11) is 1.83. The van der Waals surface area contributed by atoms with Gasteiger partial charge in [-0.1, -0.05) is 18.2 Å². The molecule has 2 aromatic rings. The molecule has 7 heteroatoms. The second kappa shape index (κ2) is 6.57. The summed E-state index contributed by atoms with van der Waals surface area (Å²) in [6.45, 7) is 1.34. The van der Waals surface area contributed by atoms with Crippen molar-refractivity contribution in [3.63, 3.8) is 0 Å². The maximum Gasteiger partial charge on any atom is 0.274 e. The van der Waals surface area contributed by atoms with Gasteiger partial charge in [0.2, 0.25) is 5.91 Å². The molecule has 4 rings (SSSR count). The predicted octanol–water partition coefficient (Wildman–Crippen LogP) is 2.23. The Morgan fingerprint density at radius 1 is 1.08 bits per heavy atom. The van der Waals surface area contributed by atoms with Gasteiger partial charge in [-0.05, 0) is 48.8 Å². The molecule has 0 radical (unpaired) electrons. The lowest BCUT2D eigenvalue weighted by molar-refractivity contribution is -0.136. The van der Waals surface area contributed by atoms with E-state index in [9.17, 15) is 9.59 Å². The van der Waals surface area contributed by atoms with E-state index >= 15 is 0 Å². The fraction of sp³-hybridized carbons (Fsp3) is 0.316. The van der Waals surface area contributed by atoms with Crippen LogP contribution in [-0.4, -0.2) is 34.1 Å². The van der Waals surface area contributed by atoms with Crippen LogP contribution in [0.25, 0.3) is 0 Å². The van der Waals surface area contributed by atoms with Gasteiger partial charge in [0.05, 0.1) is 5.92 Å². The van der Waals surface area contributed by atoms with Gasteiger partial charge in [-0.2, -0.15) is 0 Å². The van der Waals surface area contributed by atoms with Gasteiger partial charge in [0.25, 0.3) is 5.56 Å². The molecule has 2 aliphatic rings. The maximum absolute atomic E-state index is 12.9. The summed E-state index contributed by atoms with van der Waals surface area (Å²) in [4.78, 5) is 27.1. The van der Waals surface area contributed by atoms with Crippen LogP contribution in [0.4, 0.5) is 11.4 Å². The number of nitrogens with one attached hydrogen (secondary N) is 2. The van der Waals surface area contributed by atoms with E-state index in [2.05, 4.69) is 10.6 Å². The third-order valence-corrected chi connectivity index (χ3v) is 5.27. The number of nitrogens with zero attached hydrogens (tertiary/aromatic N) is 2. The van der Waals surface area contributed by atoms with Crippen LogP contribution in [-0.2, 0) is 11.3 Å². The van der Waals surface area contributed by atoms with Gasteiger partial charge in [-0.25, -0.2) is 0 Å². The number of likely N-dealkylation sites (tertiary alicyclic amines) is 1. The van der Waals surface area contributed by atoms with E-state index in [-0.39, 0.29) is 17.4 Å². The van der Waals surface area contributed by atoms with E-state index in [1.54, 1.807) is 15.5 Å². The zero-order valence-electron chi connectivity index (χ0n) is 14.4. The van der Waals surface area contributed by atoms with Crippen LogP contribution in [0.15, 0.2) is 47.3 Å². The van der Waals surface area contributed by atoms with Crippen LogP contribution in [0, 0.1) is 5.92 Å².